The number of rotatable bonds is 8. The van der Waals surface area contributed by atoms with Crippen LogP contribution in [0.3, 0.4) is 0 Å². The van der Waals surface area contributed by atoms with Gasteiger partial charge in [-0.1, -0.05) is 18.9 Å². The van der Waals surface area contributed by atoms with Crippen molar-refractivity contribution in [1.82, 2.24) is 25.4 Å². The van der Waals surface area contributed by atoms with E-state index in [-0.39, 0.29) is 11.9 Å². The number of ether oxygens (including phenoxy) is 1. The number of aliphatic imine (C=N–C) groups is 1. The van der Waals surface area contributed by atoms with Gasteiger partial charge in [-0.3, -0.25) is 0 Å². The van der Waals surface area contributed by atoms with Gasteiger partial charge in [0.15, 0.2) is 23.4 Å². The minimum Gasteiger partial charge on any atom is -0.490 e. The summed E-state index contributed by atoms with van der Waals surface area (Å²) in [7, 11) is 1.94. The third-order valence-corrected chi connectivity index (χ3v) is 6.24. The summed E-state index contributed by atoms with van der Waals surface area (Å²) >= 11 is 0. The highest BCUT2D eigenvalue weighted by Gasteiger charge is 2.23. The molecule has 0 amide bonds. The third-order valence-electron chi connectivity index (χ3n) is 6.24. The molecule has 168 valence electrons. The highest BCUT2D eigenvalue weighted by molar-refractivity contribution is 5.80. The third kappa shape index (κ3) is 5.74. The number of hydrogen-bond donors (Lipinski definition) is 2. The van der Waals surface area contributed by atoms with E-state index in [9.17, 15) is 4.39 Å². The molecule has 0 saturated heterocycles. The summed E-state index contributed by atoms with van der Waals surface area (Å²) in [5.74, 6) is 2.99. The monoisotopic (exact) mass is 428 g/mol. The van der Waals surface area contributed by atoms with Crippen molar-refractivity contribution in [3.05, 3.63) is 41.2 Å². The number of aryl methyl sites for hydroxylation is 1. The van der Waals surface area contributed by atoms with Gasteiger partial charge in [0.25, 0.3) is 0 Å². The molecule has 1 unspecified atom stereocenters. The first kappa shape index (κ1) is 21.6. The van der Waals surface area contributed by atoms with Crippen molar-refractivity contribution in [3.8, 4) is 5.75 Å². The summed E-state index contributed by atoms with van der Waals surface area (Å²) in [6.07, 6.45) is 7.11. The molecule has 0 aliphatic heterocycles. The van der Waals surface area contributed by atoms with Crippen LogP contribution in [0.25, 0.3) is 0 Å². The van der Waals surface area contributed by atoms with Crippen LogP contribution in [0.15, 0.2) is 23.2 Å². The van der Waals surface area contributed by atoms with E-state index in [4.69, 9.17) is 9.73 Å². The van der Waals surface area contributed by atoms with Crippen molar-refractivity contribution >= 4 is 5.96 Å². The van der Waals surface area contributed by atoms with Crippen molar-refractivity contribution in [1.29, 1.82) is 0 Å². The standard InChI is InChI=1S/C23H33FN6O/c1-15(18-10-11-21(20(24)12-18)31-14-17-8-9-17)26-23(27-19-6-4-5-7-19)25-13-22-29-28-16(2)30(22)3/h10-12,15,17,19H,4-9,13-14H2,1-3H3,(H2,25,26,27). The van der Waals surface area contributed by atoms with E-state index in [0.717, 1.165) is 36.0 Å². The summed E-state index contributed by atoms with van der Waals surface area (Å²) < 4.78 is 22.1. The number of aromatic nitrogens is 3. The first-order valence-corrected chi connectivity index (χ1v) is 11.3. The zero-order valence-electron chi connectivity index (χ0n) is 18.7. The summed E-state index contributed by atoms with van der Waals surface area (Å²) in [6.45, 7) is 4.96. The van der Waals surface area contributed by atoms with E-state index in [1.54, 1.807) is 12.1 Å². The molecule has 0 spiro atoms. The van der Waals surface area contributed by atoms with E-state index in [2.05, 4.69) is 20.8 Å². The van der Waals surface area contributed by atoms with Crippen molar-refractivity contribution in [2.75, 3.05) is 6.61 Å². The van der Waals surface area contributed by atoms with Crippen LogP contribution in [0, 0.1) is 18.7 Å². The Hall–Kier alpha value is -2.64. The molecule has 2 fully saturated rings. The predicted molar refractivity (Wildman–Crippen MR) is 118 cm³/mol. The number of halogens is 1. The van der Waals surface area contributed by atoms with Gasteiger partial charge >= 0.3 is 0 Å². The van der Waals surface area contributed by atoms with Crippen LogP contribution < -0.4 is 15.4 Å². The Balaban J connectivity index is 1.43. The van der Waals surface area contributed by atoms with Crippen LogP contribution in [0.1, 0.15) is 68.7 Å². The molecule has 31 heavy (non-hydrogen) atoms. The highest BCUT2D eigenvalue weighted by atomic mass is 19.1. The SMILES string of the molecule is Cc1nnc(CN=C(NC2CCCC2)NC(C)c2ccc(OCC3CC3)c(F)c2)n1C. The molecular weight excluding hydrogens is 395 g/mol. The molecular formula is C23H33FN6O. The molecule has 2 saturated carbocycles. The molecule has 7 nitrogen and oxygen atoms in total. The zero-order valence-corrected chi connectivity index (χ0v) is 18.7. The maximum atomic E-state index is 14.5. The lowest BCUT2D eigenvalue weighted by Crippen LogP contribution is -2.43. The van der Waals surface area contributed by atoms with E-state index in [0.29, 0.717) is 30.9 Å². The Morgan fingerprint density at radius 2 is 2.03 bits per heavy atom. The molecule has 2 aliphatic carbocycles. The summed E-state index contributed by atoms with van der Waals surface area (Å²) in [4.78, 5) is 4.75. The molecule has 0 bridgehead atoms. The second-order valence-electron chi connectivity index (χ2n) is 8.82. The minimum atomic E-state index is -0.316. The summed E-state index contributed by atoms with van der Waals surface area (Å²) in [6, 6.07) is 5.51. The van der Waals surface area contributed by atoms with E-state index in [1.165, 1.54) is 25.7 Å². The van der Waals surface area contributed by atoms with Crippen LogP contribution >= 0.6 is 0 Å². The molecule has 2 N–H and O–H groups in total. The quantitative estimate of drug-likeness (QED) is 0.494. The number of nitrogens with one attached hydrogen (secondary N) is 2. The Labute approximate surface area is 183 Å². The maximum Gasteiger partial charge on any atom is 0.192 e. The first-order chi connectivity index (χ1) is 15.0. The fraction of sp³-hybridized carbons (Fsp3) is 0.609. The molecule has 0 radical (unpaired) electrons. The smallest absolute Gasteiger partial charge is 0.192 e. The summed E-state index contributed by atoms with van der Waals surface area (Å²) in [5.41, 5.74) is 0.853. The van der Waals surface area contributed by atoms with Crippen molar-refractivity contribution in [2.45, 2.75) is 71.0 Å². The molecule has 1 aromatic carbocycles. The second-order valence-corrected chi connectivity index (χ2v) is 8.82. The fourth-order valence-electron chi connectivity index (χ4n) is 3.82. The molecule has 8 heteroatoms. The topological polar surface area (TPSA) is 76.4 Å². The van der Waals surface area contributed by atoms with Crippen LogP contribution in [0.4, 0.5) is 4.39 Å². The number of nitrogens with zero attached hydrogens (tertiary/aromatic N) is 4. The average Bonchev–Trinajstić information content (AvgIpc) is 3.35. The fourth-order valence-corrected chi connectivity index (χ4v) is 3.82. The van der Waals surface area contributed by atoms with Crippen molar-refractivity contribution < 1.29 is 9.13 Å². The normalized spacial score (nSPS) is 18.3. The van der Waals surface area contributed by atoms with Gasteiger partial charge in [0.1, 0.15) is 12.4 Å². The lowest BCUT2D eigenvalue weighted by Gasteiger charge is -2.22. The zero-order chi connectivity index (χ0) is 21.8. The number of benzene rings is 1. The molecule has 2 aromatic rings. The van der Waals surface area contributed by atoms with Crippen molar-refractivity contribution in [2.24, 2.45) is 18.0 Å². The Kier molecular flexibility index (Phi) is 6.73. The van der Waals surface area contributed by atoms with E-state index < -0.39 is 0 Å². The number of guanidine groups is 1. The molecule has 1 heterocycles. The van der Waals surface area contributed by atoms with Gasteiger partial charge in [0.2, 0.25) is 0 Å². The lowest BCUT2D eigenvalue weighted by molar-refractivity contribution is 0.285. The first-order valence-electron chi connectivity index (χ1n) is 11.3. The predicted octanol–water partition coefficient (Wildman–Crippen LogP) is 3.79. The highest BCUT2D eigenvalue weighted by Crippen LogP contribution is 2.30. The Morgan fingerprint density at radius 3 is 2.68 bits per heavy atom. The van der Waals surface area contributed by atoms with Crippen molar-refractivity contribution in [3.63, 3.8) is 0 Å². The van der Waals surface area contributed by atoms with Crippen LogP contribution in [-0.4, -0.2) is 33.4 Å². The van der Waals surface area contributed by atoms with Gasteiger partial charge in [0, 0.05) is 13.1 Å². The molecule has 4 rings (SSSR count). The van der Waals surface area contributed by atoms with Gasteiger partial charge in [-0.05, 0) is 63.1 Å². The van der Waals surface area contributed by atoms with Gasteiger partial charge in [0.05, 0.1) is 12.6 Å². The average molecular weight is 429 g/mol. The Bertz CT molecular complexity index is 917. The van der Waals surface area contributed by atoms with Crippen LogP contribution in [0.2, 0.25) is 0 Å². The molecule has 1 aromatic heterocycles. The molecule has 2 aliphatic rings. The van der Waals surface area contributed by atoms with Crippen LogP contribution in [-0.2, 0) is 13.6 Å². The van der Waals surface area contributed by atoms with E-state index >= 15 is 0 Å². The van der Waals surface area contributed by atoms with Gasteiger partial charge < -0.3 is 19.9 Å². The second kappa shape index (κ2) is 9.66. The van der Waals surface area contributed by atoms with Gasteiger partial charge in [-0.15, -0.1) is 10.2 Å². The Morgan fingerprint density at radius 1 is 1.26 bits per heavy atom. The largest absolute Gasteiger partial charge is 0.490 e. The lowest BCUT2D eigenvalue weighted by atomic mass is 10.1. The van der Waals surface area contributed by atoms with E-state index in [1.807, 2.05) is 31.5 Å². The summed E-state index contributed by atoms with van der Waals surface area (Å²) in [5, 5.41) is 15.3. The van der Waals surface area contributed by atoms with Gasteiger partial charge in [-0.2, -0.15) is 0 Å². The minimum absolute atomic E-state index is 0.110. The van der Waals surface area contributed by atoms with Crippen LogP contribution in [0.5, 0.6) is 5.75 Å². The van der Waals surface area contributed by atoms with Gasteiger partial charge in [-0.25, -0.2) is 9.38 Å². The number of hydrogen-bond acceptors (Lipinski definition) is 4. The molecule has 1 atom stereocenters. The maximum absolute atomic E-state index is 14.5.